The van der Waals surface area contributed by atoms with Gasteiger partial charge in [0.2, 0.25) is 0 Å². The molecule has 4 rings (SSSR count). The van der Waals surface area contributed by atoms with Crippen molar-refractivity contribution in [3.8, 4) is 11.5 Å². The quantitative estimate of drug-likeness (QED) is 0.217. The summed E-state index contributed by atoms with van der Waals surface area (Å²) in [7, 11) is 0. The number of aryl methyl sites for hydroxylation is 2. The number of rotatable bonds is 9. The van der Waals surface area contributed by atoms with Gasteiger partial charge in [-0.2, -0.15) is 0 Å². The molecule has 2 aromatic carbocycles. The summed E-state index contributed by atoms with van der Waals surface area (Å²) < 4.78 is 20.4. The second kappa shape index (κ2) is 15.0. The second-order valence-electron chi connectivity index (χ2n) is 7.44. The summed E-state index contributed by atoms with van der Waals surface area (Å²) in [5, 5.41) is 18.8. The summed E-state index contributed by atoms with van der Waals surface area (Å²) in [5.74, 6) is 0.201. The molecule has 206 valence electrons. The van der Waals surface area contributed by atoms with Gasteiger partial charge in [0.15, 0.2) is 29.2 Å². The van der Waals surface area contributed by atoms with Crippen LogP contribution in [0.1, 0.15) is 63.7 Å². The van der Waals surface area contributed by atoms with E-state index in [2.05, 4.69) is 9.97 Å². The average molecular weight is 531 g/mol. The van der Waals surface area contributed by atoms with E-state index in [1.165, 1.54) is 24.3 Å². The van der Waals surface area contributed by atoms with Crippen molar-refractivity contribution in [2.45, 2.75) is 54.4 Å². The fraction of sp³-hybridized carbons (Fsp3) is 0.370. The Hall–Kier alpha value is -4.41. The third-order valence-corrected chi connectivity index (χ3v) is 4.85. The Labute approximate surface area is 220 Å². The fourth-order valence-corrected chi connectivity index (χ4v) is 3.23. The number of benzene rings is 2. The summed E-state index contributed by atoms with van der Waals surface area (Å²) in [6.07, 6.45) is 1.60. The van der Waals surface area contributed by atoms with Crippen molar-refractivity contribution < 1.29 is 42.9 Å². The van der Waals surface area contributed by atoms with Crippen molar-refractivity contribution in [2.75, 3.05) is 13.2 Å². The molecule has 0 aliphatic carbocycles. The standard InChI is InChI=1S/C13H13NO5.C12H13NO4.2CH4/c1-2-18-12(17)6-5-11-14-13-8(7-15)9(16)3-4-10(13)19-11;1-2-16-12(15)6-5-11-13-9-7-8(14)3-4-10(9)17-11;;/h3-4,7,16H,2,5-6H2,1H3;3-4,7,14H,2,5-6H2,1H3;2*1H4. The molecule has 2 N–H and O–H groups in total. The van der Waals surface area contributed by atoms with Crippen molar-refractivity contribution in [2.24, 2.45) is 0 Å². The molecule has 0 amide bonds. The van der Waals surface area contributed by atoms with E-state index in [1.807, 2.05) is 0 Å². The molecule has 0 radical (unpaired) electrons. The molecule has 0 saturated carbocycles. The number of oxazole rings is 2. The molecule has 0 fully saturated rings. The van der Waals surface area contributed by atoms with Crippen molar-refractivity contribution in [1.82, 2.24) is 9.97 Å². The number of aldehydes is 1. The Balaban J connectivity index is 0.000000363. The largest absolute Gasteiger partial charge is 0.508 e. The molecule has 38 heavy (non-hydrogen) atoms. The smallest absolute Gasteiger partial charge is 0.306 e. The van der Waals surface area contributed by atoms with Crippen LogP contribution in [0.25, 0.3) is 22.2 Å². The monoisotopic (exact) mass is 530 g/mol. The lowest BCUT2D eigenvalue weighted by atomic mass is 10.2. The second-order valence-corrected chi connectivity index (χ2v) is 7.44. The number of hydrogen-bond acceptors (Lipinski definition) is 11. The summed E-state index contributed by atoms with van der Waals surface area (Å²) in [6, 6.07) is 7.59. The topological polar surface area (TPSA) is 162 Å². The minimum atomic E-state index is -0.330. The predicted octanol–water partition coefficient (Wildman–Crippen LogP) is 5.14. The van der Waals surface area contributed by atoms with Crippen molar-refractivity contribution in [1.29, 1.82) is 0 Å². The third kappa shape index (κ3) is 8.32. The van der Waals surface area contributed by atoms with Crippen molar-refractivity contribution in [3.63, 3.8) is 0 Å². The Bertz CT molecular complexity index is 1360. The zero-order chi connectivity index (χ0) is 26.1. The van der Waals surface area contributed by atoms with Crippen LogP contribution in [0.3, 0.4) is 0 Å². The van der Waals surface area contributed by atoms with Crippen LogP contribution in [-0.2, 0) is 31.9 Å². The van der Waals surface area contributed by atoms with Gasteiger partial charge in [-0.1, -0.05) is 14.9 Å². The maximum atomic E-state index is 11.2. The zero-order valence-corrected chi connectivity index (χ0v) is 19.9. The molecule has 11 nitrogen and oxygen atoms in total. The maximum Gasteiger partial charge on any atom is 0.306 e. The average Bonchev–Trinajstić information content (AvgIpc) is 3.45. The number of esters is 2. The van der Waals surface area contributed by atoms with Crippen molar-refractivity contribution in [3.05, 3.63) is 47.7 Å². The lowest BCUT2D eigenvalue weighted by molar-refractivity contribution is -0.144. The van der Waals surface area contributed by atoms with Gasteiger partial charge in [0.05, 0.1) is 31.6 Å². The Morgan fingerprint density at radius 2 is 1.42 bits per heavy atom. The summed E-state index contributed by atoms with van der Waals surface area (Å²) in [6.45, 7) is 4.20. The first-order valence-corrected chi connectivity index (χ1v) is 11.3. The zero-order valence-electron chi connectivity index (χ0n) is 19.9. The van der Waals surface area contributed by atoms with Gasteiger partial charge >= 0.3 is 11.9 Å². The Morgan fingerprint density at radius 1 is 0.868 bits per heavy atom. The van der Waals surface area contributed by atoms with Crippen LogP contribution in [0.15, 0.2) is 39.2 Å². The van der Waals surface area contributed by atoms with E-state index in [4.69, 9.17) is 18.3 Å². The number of ether oxygens (including phenoxy) is 2. The summed E-state index contributed by atoms with van der Waals surface area (Å²) in [4.78, 5) is 41.5. The third-order valence-electron chi connectivity index (χ3n) is 4.85. The number of nitrogens with zero attached hydrogens (tertiary/aromatic N) is 2. The molecule has 0 aliphatic heterocycles. The molecule has 0 saturated heterocycles. The van der Waals surface area contributed by atoms with Crippen LogP contribution in [0.2, 0.25) is 0 Å². The summed E-state index contributed by atoms with van der Waals surface area (Å²) >= 11 is 0. The van der Waals surface area contributed by atoms with Gasteiger partial charge in [0.25, 0.3) is 0 Å². The van der Waals surface area contributed by atoms with Crippen LogP contribution >= 0.6 is 0 Å². The molecule has 0 unspecified atom stereocenters. The van der Waals surface area contributed by atoms with Gasteiger partial charge in [0.1, 0.15) is 22.5 Å². The number of phenols is 2. The van der Waals surface area contributed by atoms with Gasteiger partial charge in [-0.25, -0.2) is 9.97 Å². The first-order chi connectivity index (χ1) is 17.3. The van der Waals surface area contributed by atoms with E-state index < -0.39 is 0 Å². The van der Waals surface area contributed by atoms with Gasteiger partial charge < -0.3 is 28.5 Å². The number of fused-ring (bicyclic) bond motifs is 2. The predicted molar refractivity (Wildman–Crippen MR) is 140 cm³/mol. The minimum Gasteiger partial charge on any atom is -0.508 e. The molecule has 11 heteroatoms. The van der Waals surface area contributed by atoms with E-state index in [-0.39, 0.29) is 63.1 Å². The lowest BCUT2D eigenvalue weighted by Crippen LogP contribution is -2.05. The Kier molecular flexibility index (Phi) is 12.5. The van der Waals surface area contributed by atoms with Gasteiger partial charge in [0, 0.05) is 18.9 Å². The van der Waals surface area contributed by atoms with E-state index in [1.54, 1.807) is 19.9 Å². The number of carbonyl (C=O) groups is 3. The molecule has 0 spiro atoms. The minimum absolute atomic E-state index is 0. The molecule has 0 aliphatic rings. The van der Waals surface area contributed by atoms with Crippen LogP contribution in [0.4, 0.5) is 0 Å². The Morgan fingerprint density at radius 3 is 2.00 bits per heavy atom. The number of aromatic hydroxyl groups is 2. The number of hydrogen-bond donors (Lipinski definition) is 2. The normalized spacial score (nSPS) is 10.1. The maximum absolute atomic E-state index is 11.2. The van der Waals surface area contributed by atoms with E-state index >= 15 is 0 Å². The molecule has 2 aromatic heterocycles. The highest BCUT2D eigenvalue weighted by atomic mass is 16.5. The van der Waals surface area contributed by atoms with Gasteiger partial charge in [-0.05, 0) is 38.1 Å². The summed E-state index contributed by atoms with van der Waals surface area (Å²) in [5.41, 5.74) is 1.97. The van der Waals surface area contributed by atoms with Crippen LogP contribution in [-0.4, -0.2) is 51.6 Å². The van der Waals surface area contributed by atoms with Crippen LogP contribution in [0.5, 0.6) is 11.5 Å². The molecule has 2 heterocycles. The first-order valence-electron chi connectivity index (χ1n) is 11.3. The van der Waals surface area contributed by atoms with E-state index in [9.17, 15) is 24.6 Å². The van der Waals surface area contributed by atoms with Gasteiger partial charge in [-0.15, -0.1) is 0 Å². The molecular formula is C27H34N2O9. The highest BCUT2D eigenvalue weighted by Gasteiger charge is 2.14. The van der Waals surface area contributed by atoms with Crippen molar-refractivity contribution >= 4 is 40.4 Å². The molecular weight excluding hydrogens is 496 g/mol. The molecule has 4 aromatic rings. The van der Waals surface area contributed by atoms with E-state index in [0.29, 0.717) is 59.9 Å². The number of aromatic nitrogens is 2. The lowest BCUT2D eigenvalue weighted by Gasteiger charge is -1.98. The van der Waals surface area contributed by atoms with Crippen LogP contribution < -0.4 is 0 Å². The highest BCUT2D eigenvalue weighted by Crippen LogP contribution is 2.26. The van der Waals surface area contributed by atoms with Crippen LogP contribution in [0, 0.1) is 0 Å². The SMILES string of the molecule is C.C.CCOC(=O)CCc1nc2c(C=O)c(O)ccc2o1.CCOC(=O)CCc1nc2cc(O)ccc2o1. The fourth-order valence-electron chi connectivity index (χ4n) is 3.23. The number of carbonyl (C=O) groups excluding carboxylic acids is 3. The molecule has 0 bridgehead atoms. The number of phenolic OH excluding ortho intramolecular Hbond substituents is 2. The van der Waals surface area contributed by atoms with Gasteiger partial charge in [-0.3, -0.25) is 14.4 Å². The first kappa shape index (κ1) is 31.6. The molecule has 0 atom stereocenters. The highest BCUT2D eigenvalue weighted by molar-refractivity contribution is 5.96. The van der Waals surface area contributed by atoms with E-state index in [0.717, 1.165) is 0 Å².